The normalized spacial score (nSPS) is 17.9. The Hall–Kier alpha value is -0.880. The molecule has 1 aromatic heterocycles. The average molecular weight is 275 g/mol. The summed E-state index contributed by atoms with van der Waals surface area (Å²) in [5.41, 5.74) is 0.210. The maximum absolute atomic E-state index is 10.8. The van der Waals surface area contributed by atoms with E-state index in [9.17, 15) is 4.79 Å². The first-order valence-corrected chi connectivity index (χ1v) is 5.53. The van der Waals surface area contributed by atoms with Crippen molar-refractivity contribution >= 4 is 21.9 Å². The standard InChI is InChI=1S/C9H11BrN2O3/c10-8-7(9(13)14)5-11-12(8)6-1-3-15-4-2-6/h5-6H,1-4H2,(H,13,14). The van der Waals surface area contributed by atoms with Crippen molar-refractivity contribution in [2.24, 2.45) is 0 Å². The highest BCUT2D eigenvalue weighted by Gasteiger charge is 2.22. The largest absolute Gasteiger partial charge is 0.478 e. The lowest BCUT2D eigenvalue weighted by Crippen LogP contribution is -2.20. The number of nitrogens with zero attached hydrogens (tertiary/aromatic N) is 2. The number of carbonyl (C=O) groups is 1. The van der Waals surface area contributed by atoms with Crippen molar-refractivity contribution in [3.8, 4) is 0 Å². The van der Waals surface area contributed by atoms with E-state index < -0.39 is 5.97 Å². The summed E-state index contributed by atoms with van der Waals surface area (Å²) in [5, 5.41) is 13.0. The summed E-state index contributed by atoms with van der Waals surface area (Å²) in [6.07, 6.45) is 3.13. The third-order valence-electron chi connectivity index (χ3n) is 2.50. The monoisotopic (exact) mass is 274 g/mol. The van der Waals surface area contributed by atoms with Crippen molar-refractivity contribution in [1.29, 1.82) is 0 Å². The number of carboxylic acids is 1. The Morgan fingerprint density at radius 2 is 2.27 bits per heavy atom. The van der Waals surface area contributed by atoms with Crippen LogP contribution >= 0.6 is 15.9 Å². The third-order valence-corrected chi connectivity index (χ3v) is 3.29. The maximum atomic E-state index is 10.8. The van der Waals surface area contributed by atoms with Gasteiger partial charge in [-0.25, -0.2) is 4.79 Å². The van der Waals surface area contributed by atoms with Crippen LogP contribution in [0.3, 0.4) is 0 Å². The Morgan fingerprint density at radius 1 is 1.60 bits per heavy atom. The van der Waals surface area contributed by atoms with Crippen molar-refractivity contribution < 1.29 is 14.6 Å². The first-order valence-electron chi connectivity index (χ1n) is 4.74. The zero-order chi connectivity index (χ0) is 10.8. The van der Waals surface area contributed by atoms with Gasteiger partial charge in [-0.3, -0.25) is 4.68 Å². The highest BCUT2D eigenvalue weighted by Crippen LogP contribution is 2.26. The average Bonchev–Trinajstić information content (AvgIpc) is 2.61. The first kappa shape index (κ1) is 10.6. The molecule has 0 aromatic carbocycles. The lowest BCUT2D eigenvalue weighted by molar-refractivity contribution is 0.0652. The van der Waals surface area contributed by atoms with E-state index in [1.165, 1.54) is 6.20 Å². The minimum absolute atomic E-state index is 0.210. The SMILES string of the molecule is O=C(O)c1cnn(C2CCOCC2)c1Br. The van der Waals surface area contributed by atoms with Crippen LogP contribution in [0, 0.1) is 0 Å². The number of carboxylic acid groups (broad SMARTS) is 1. The molecule has 1 fully saturated rings. The summed E-state index contributed by atoms with van der Waals surface area (Å²) in [6, 6.07) is 0.237. The molecule has 1 saturated heterocycles. The molecule has 0 aliphatic carbocycles. The predicted molar refractivity (Wildman–Crippen MR) is 56.0 cm³/mol. The molecular weight excluding hydrogens is 264 g/mol. The van der Waals surface area contributed by atoms with Gasteiger partial charge < -0.3 is 9.84 Å². The van der Waals surface area contributed by atoms with Crippen molar-refractivity contribution in [3.63, 3.8) is 0 Å². The summed E-state index contributed by atoms with van der Waals surface area (Å²) in [6.45, 7) is 1.42. The molecule has 1 aliphatic rings. The number of ether oxygens (including phenoxy) is 1. The number of hydrogen-bond acceptors (Lipinski definition) is 3. The molecule has 1 aliphatic heterocycles. The zero-order valence-corrected chi connectivity index (χ0v) is 9.61. The fourth-order valence-electron chi connectivity index (χ4n) is 1.68. The van der Waals surface area contributed by atoms with Gasteiger partial charge in [0.05, 0.1) is 12.2 Å². The number of rotatable bonds is 2. The second-order valence-electron chi connectivity index (χ2n) is 3.44. The minimum Gasteiger partial charge on any atom is -0.478 e. The van der Waals surface area contributed by atoms with Gasteiger partial charge in [-0.15, -0.1) is 0 Å². The van der Waals surface area contributed by atoms with E-state index in [0.717, 1.165) is 12.8 Å². The fourth-order valence-corrected chi connectivity index (χ4v) is 2.33. The Morgan fingerprint density at radius 3 is 2.80 bits per heavy atom. The van der Waals surface area contributed by atoms with Gasteiger partial charge >= 0.3 is 5.97 Å². The summed E-state index contributed by atoms with van der Waals surface area (Å²) in [4.78, 5) is 10.8. The van der Waals surface area contributed by atoms with Crippen LogP contribution in [0.4, 0.5) is 0 Å². The van der Waals surface area contributed by atoms with E-state index in [0.29, 0.717) is 17.8 Å². The molecule has 0 atom stereocenters. The molecule has 0 saturated carbocycles. The smallest absolute Gasteiger partial charge is 0.340 e. The minimum atomic E-state index is -0.958. The van der Waals surface area contributed by atoms with Gasteiger partial charge in [0.1, 0.15) is 10.2 Å². The summed E-state index contributed by atoms with van der Waals surface area (Å²) >= 11 is 3.27. The van der Waals surface area contributed by atoms with E-state index in [4.69, 9.17) is 9.84 Å². The molecule has 6 heteroatoms. The number of aromatic carboxylic acids is 1. The van der Waals surface area contributed by atoms with Crippen molar-refractivity contribution in [2.75, 3.05) is 13.2 Å². The van der Waals surface area contributed by atoms with Crippen LogP contribution in [-0.2, 0) is 4.74 Å². The quantitative estimate of drug-likeness (QED) is 0.892. The second-order valence-corrected chi connectivity index (χ2v) is 4.19. The molecule has 0 spiro atoms. The van der Waals surface area contributed by atoms with Gasteiger partial charge in [0.15, 0.2) is 0 Å². The Bertz CT molecular complexity index is 371. The molecule has 5 nitrogen and oxygen atoms in total. The molecule has 15 heavy (non-hydrogen) atoms. The van der Waals surface area contributed by atoms with Crippen molar-refractivity contribution in [1.82, 2.24) is 9.78 Å². The van der Waals surface area contributed by atoms with Crippen LogP contribution in [0.5, 0.6) is 0 Å². The van der Waals surface area contributed by atoms with Crippen molar-refractivity contribution in [2.45, 2.75) is 18.9 Å². The maximum Gasteiger partial charge on any atom is 0.340 e. The van der Waals surface area contributed by atoms with Crippen LogP contribution in [0.15, 0.2) is 10.8 Å². The number of halogens is 1. The van der Waals surface area contributed by atoms with Crippen LogP contribution in [0.1, 0.15) is 29.2 Å². The van der Waals surface area contributed by atoms with Gasteiger partial charge in [-0.1, -0.05) is 0 Å². The molecule has 0 amide bonds. The zero-order valence-electron chi connectivity index (χ0n) is 8.02. The van der Waals surface area contributed by atoms with Gasteiger partial charge in [-0.05, 0) is 28.8 Å². The molecule has 0 bridgehead atoms. The summed E-state index contributed by atoms with van der Waals surface area (Å²) < 4.78 is 7.51. The molecule has 0 radical (unpaired) electrons. The molecule has 2 rings (SSSR count). The van der Waals surface area contributed by atoms with Gasteiger partial charge in [0, 0.05) is 13.2 Å². The van der Waals surface area contributed by atoms with Crippen LogP contribution < -0.4 is 0 Å². The van der Waals surface area contributed by atoms with Crippen LogP contribution in [0.2, 0.25) is 0 Å². The Balaban J connectivity index is 2.24. The molecule has 82 valence electrons. The van der Waals surface area contributed by atoms with E-state index >= 15 is 0 Å². The third kappa shape index (κ3) is 2.05. The number of aromatic nitrogens is 2. The molecule has 1 N–H and O–H groups in total. The van der Waals surface area contributed by atoms with E-state index in [2.05, 4.69) is 21.0 Å². The van der Waals surface area contributed by atoms with E-state index in [-0.39, 0.29) is 11.6 Å². The van der Waals surface area contributed by atoms with E-state index in [1.54, 1.807) is 4.68 Å². The van der Waals surface area contributed by atoms with Crippen molar-refractivity contribution in [3.05, 3.63) is 16.4 Å². The molecule has 2 heterocycles. The highest BCUT2D eigenvalue weighted by molar-refractivity contribution is 9.10. The lowest BCUT2D eigenvalue weighted by atomic mass is 10.1. The fraction of sp³-hybridized carbons (Fsp3) is 0.556. The Labute approximate surface area is 95.2 Å². The molecule has 1 aromatic rings. The summed E-state index contributed by atoms with van der Waals surface area (Å²) in [5.74, 6) is -0.958. The topological polar surface area (TPSA) is 64.3 Å². The van der Waals surface area contributed by atoms with Crippen LogP contribution in [0.25, 0.3) is 0 Å². The second kappa shape index (κ2) is 4.32. The number of hydrogen-bond donors (Lipinski definition) is 1. The molecule has 0 unspecified atom stereocenters. The highest BCUT2D eigenvalue weighted by atomic mass is 79.9. The van der Waals surface area contributed by atoms with Crippen LogP contribution in [-0.4, -0.2) is 34.1 Å². The predicted octanol–water partition coefficient (Wildman–Crippen LogP) is 1.70. The Kier molecular flexibility index (Phi) is 3.06. The first-order chi connectivity index (χ1) is 7.20. The lowest BCUT2D eigenvalue weighted by Gasteiger charge is -2.23. The van der Waals surface area contributed by atoms with Gasteiger partial charge in [0.2, 0.25) is 0 Å². The van der Waals surface area contributed by atoms with E-state index in [1.807, 2.05) is 0 Å². The van der Waals surface area contributed by atoms with Gasteiger partial charge in [-0.2, -0.15) is 5.10 Å². The summed E-state index contributed by atoms with van der Waals surface area (Å²) in [7, 11) is 0. The molecular formula is C9H11BrN2O3. The van der Waals surface area contributed by atoms with Gasteiger partial charge in [0.25, 0.3) is 0 Å².